The quantitative estimate of drug-likeness (QED) is 0.762. The largest absolute Gasteiger partial charge is 0.199 e. The Kier molecular flexibility index (Phi) is 2.81. The fourth-order valence-corrected chi connectivity index (χ4v) is 2.41. The maximum absolute atomic E-state index is 4.10. The van der Waals surface area contributed by atoms with E-state index in [-0.39, 0.29) is 0 Å². The van der Waals surface area contributed by atoms with Gasteiger partial charge in [-0.15, -0.1) is 0 Å². The van der Waals surface area contributed by atoms with Gasteiger partial charge in [0.05, 0.1) is 3.79 Å². The van der Waals surface area contributed by atoms with Crippen molar-refractivity contribution in [2.45, 2.75) is 0 Å². The van der Waals surface area contributed by atoms with Crippen molar-refractivity contribution in [1.82, 2.24) is 4.37 Å². The second-order valence-electron chi connectivity index (χ2n) is 2.52. The zero-order valence-electron chi connectivity index (χ0n) is 6.50. The van der Waals surface area contributed by atoms with Crippen LogP contribution in [0.15, 0.2) is 38.7 Å². The first kappa shape index (κ1) is 9.37. The highest BCUT2D eigenvalue weighted by atomic mass is 79.9. The van der Waals surface area contributed by atoms with E-state index in [1.165, 1.54) is 17.1 Å². The standard InChI is InChI=1S/C9H5Br2NS/c10-7-3-1-6(2-4-7)8-5-12-13-9(8)11/h1-5H. The summed E-state index contributed by atoms with van der Waals surface area (Å²) in [5, 5.41) is 0. The number of rotatable bonds is 1. The van der Waals surface area contributed by atoms with Gasteiger partial charge in [-0.05, 0) is 45.2 Å². The van der Waals surface area contributed by atoms with Crippen LogP contribution in [0.1, 0.15) is 0 Å². The molecule has 0 aliphatic carbocycles. The molecule has 2 aromatic rings. The average molecular weight is 319 g/mol. The lowest BCUT2D eigenvalue weighted by Crippen LogP contribution is -1.73. The first-order valence-electron chi connectivity index (χ1n) is 3.63. The maximum Gasteiger partial charge on any atom is 0.0983 e. The van der Waals surface area contributed by atoms with Crippen molar-refractivity contribution >= 4 is 43.4 Å². The van der Waals surface area contributed by atoms with Gasteiger partial charge < -0.3 is 0 Å². The van der Waals surface area contributed by atoms with Gasteiger partial charge in [-0.25, -0.2) is 0 Å². The Morgan fingerprint density at radius 2 is 1.77 bits per heavy atom. The Balaban J connectivity index is 2.47. The second-order valence-corrected chi connectivity index (χ2v) is 5.56. The van der Waals surface area contributed by atoms with Crippen molar-refractivity contribution in [2.24, 2.45) is 0 Å². The Morgan fingerprint density at radius 1 is 1.08 bits per heavy atom. The minimum absolute atomic E-state index is 1.08. The third kappa shape index (κ3) is 2.00. The number of hydrogen-bond donors (Lipinski definition) is 0. The predicted octanol–water partition coefficient (Wildman–Crippen LogP) is 4.34. The van der Waals surface area contributed by atoms with Crippen molar-refractivity contribution in [3.05, 3.63) is 38.7 Å². The molecular weight excluding hydrogens is 314 g/mol. The zero-order chi connectivity index (χ0) is 9.26. The Hall–Kier alpha value is -0.190. The van der Waals surface area contributed by atoms with Gasteiger partial charge in [0.15, 0.2) is 0 Å². The number of nitrogens with zero attached hydrogens (tertiary/aromatic N) is 1. The Morgan fingerprint density at radius 3 is 2.31 bits per heavy atom. The van der Waals surface area contributed by atoms with E-state index in [2.05, 4.69) is 48.4 Å². The van der Waals surface area contributed by atoms with Crippen LogP contribution in [0.2, 0.25) is 0 Å². The molecule has 0 saturated heterocycles. The van der Waals surface area contributed by atoms with Crippen LogP contribution in [0, 0.1) is 0 Å². The van der Waals surface area contributed by atoms with Crippen LogP contribution in [-0.4, -0.2) is 4.37 Å². The topological polar surface area (TPSA) is 12.9 Å². The minimum Gasteiger partial charge on any atom is -0.199 e. The predicted molar refractivity (Wildman–Crippen MR) is 63.0 cm³/mol. The van der Waals surface area contributed by atoms with Crippen molar-refractivity contribution in [1.29, 1.82) is 0 Å². The molecule has 13 heavy (non-hydrogen) atoms. The molecule has 0 spiro atoms. The molecule has 1 heterocycles. The van der Waals surface area contributed by atoms with Gasteiger partial charge in [0, 0.05) is 16.2 Å². The maximum atomic E-state index is 4.10. The highest BCUT2D eigenvalue weighted by molar-refractivity contribution is 9.11. The van der Waals surface area contributed by atoms with Crippen molar-refractivity contribution < 1.29 is 0 Å². The molecule has 0 unspecified atom stereocenters. The molecule has 0 aliphatic heterocycles. The number of benzene rings is 1. The van der Waals surface area contributed by atoms with Crippen LogP contribution in [-0.2, 0) is 0 Å². The Labute approximate surface area is 97.2 Å². The first-order valence-corrected chi connectivity index (χ1v) is 5.99. The molecule has 1 aromatic heterocycles. The average Bonchev–Trinajstić information content (AvgIpc) is 2.53. The van der Waals surface area contributed by atoms with Crippen molar-refractivity contribution in [3.63, 3.8) is 0 Å². The zero-order valence-corrected chi connectivity index (χ0v) is 10.5. The molecule has 1 nitrogen and oxygen atoms in total. The summed E-state index contributed by atoms with van der Waals surface area (Å²) < 4.78 is 6.28. The second kappa shape index (κ2) is 3.90. The summed E-state index contributed by atoms with van der Waals surface area (Å²) in [5.74, 6) is 0. The van der Waals surface area contributed by atoms with Crippen LogP contribution in [0.3, 0.4) is 0 Å². The van der Waals surface area contributed by atoms with Crippen LogP contribution in [0.5, 0.6) is 0 Å². The van der Waals surface area contributed by atoms with Crippen LogP contribution in [0.25, 0.3) is 11.1 Å². The van der Waals surface area contributed by atoms with E-state index in [0.29, 0.717) is 0 Å². The fraction of sp³-hybridized carbons (Fsp3) is 0. The lowest BCUT2D eigenvalue weighted by atomic mass is 10.1. The van der Waals surface area contributed by atoms with Crippen LogP contribution >= 0.6 is 43.4 Å². The number of aromatic nitrogens is 1. The van der Waals surface area contributed by atoms with E-state index in [1.54, 1.807) is 0 Å². The smallest absolute Gasteiger partial charge is 0.0983 e. The van der Waals surface area contributed by atoms with E-state index < -0.39 is 0 Å². The molecule has 0 aliphatic rings. The molecular formula is C9H5Br2NS. The normalized spacial score (nSPS) is 10.3. The molecule has 0 bridgehead atoms. The SMILES string of the molecule is Brc1ccc(-c2cnsc2Br)cc1. The highest BCUT2D eigenvalue weighted by Gasteiger charge is 2.04. The molecule has 0 fully saturated rings. The molecule has 2 rings (SSSR count). The first-order chi connectivity index (χ1) is 6.27. The lowest BCUT2D eigenvalue weighted by Gasteiger charge is -1.97. The minimum atomic E-state index is 1.08. The molecule has 4 heteroatoms. The van der Waals surface area contributed by atoms with E-state index >= 15 is 0 Å². The van der Waals surface area contributed by atoms with E-state index in [9.17, 15) is 0 Å². The molecule has 0 N–H and O–H groups in total. The summed E-state index contributed by atoms with van der Waals surface area (Å²) in [7, 11) is 0. The van der Waals surface area contributed by atoms with Gasteiger partial charge in [-0.1, -0.05) is 28.1 Å². The molecule has 0 saturated carbocycles. The van der Waals surface area contributed by atoms with Gasteiger partial charge in [-0.3, -0.25) is 0 Å². The third-order valence-electron chi connectivity index (χ3n) is 1.68. The summed E-state index contributed by atoms with van der Waals surface area (Å²) in [6, 6.07) is 8.19. The van der Waals surface area contributed by atoms with E-state index in [0.717, 1.165) is 13.8 Å². The van der Waals surface area contributed by atoms with Crippen LogP contribution < -0.4 is 0 Å². The Bertz CT molecular complexity index is 408. The van der Waals surface area contributed by atoms with Crippen molar-refractivity contribution in [3.8, 4) is 11.1 Å². The van der Waals surface area contributed by atoms with Gasteiger partial charge in [0.25, 0.3) is 0 Å². The summed E-state index contributed by atoms with van der Waals surface area (Å²) in [5.41, 5.74) is 2.33. The van der Waals surface area contributed by atoms with Gasteiger partial charge in [-0.2, -0.15) is 4.37 Å². The molecule has 0 amide bonds. The lowest BCUT2D eigenvalue weighted by molar-refractivity contribution is 1.55. The summed E-state index contributed by atoms with van der Waals surface area (Å²) in [4.78, 5) is 0. The van der Waals surface area contributed by atoms with Gasteiger partial charge in [0.1, 0.15) is 0 Å². The fourth-order valence-electron chi connectivity index (χ4n) is 1.04. The van der Waals surface area contributed by atoms with Gasteiger partial charge in [0.2, 0.25) is 0 Å². The van der Waals surface area contributed by atoms with E-state index in [1.807, 2.05) is 18.3 Å². The molecule has 66 valence electrons. The summed E-state index contributed by atoms with van der Waals surface area (Å²) in [6.07, 6.45) is 1.87. The molecule has 1 aromatic carbocycles. The number of halogens is 2. The third-order valence-corrected chi connectivity index (χ3v) is 3.66. The summed E-state index contributed by atoms with van der Waals surface area (Å²) in [6.45, 7) is 0. The summed E-state index contributed by atoms with van der Waals surface area (Å²) >= 11 is 8.33. The van der Waals surface area contributed by atoms with Gasteiger partial charge >= 0.3 is 0 Å². The van der Waals surface area contributed by atoms with E-state index in [4.69, 9.17) is 0 Å². The van der Waals surface area contributed by atoms with Crippen molar-refractivity contribution in [2.75, 3.05) is 0 Å². The number of hydrogen-bond acceptors (Lipinski definition) is 2. The highest BCUT2D eigenvalue weighted by Crippen LogP contribution is 2.31. The monoisotopic (exact) mass is 317 g/mol. The molecule has 0 radical (unpaired) electrons. The molecule has 0 atom stereocenters. The van der Waals surface area contributed by atoms with Crippen LogP contribution in [0.4, 0.5) is 0 Å².